The van der Waals surface area contributed by atoms with Gasteiger partial charge in [-0.2, -0.15) is 13.2 Å². The van der Waals surface area contributed by atoms with Crippen molar-refractivity contribution < 1.29 is 32.2 Å². The Labute approximate surface area is 179 Å². The number of nitrogens with one attached hydrogen (secondary N) is 2. The number of amides is 2. The molecule has 2 aromatic heterocycles. The number of carbonyl (C=O) groups is 2. The number of alkyl carbamates (subject to hydrolysis) is 1. The maximum Gasteiger partial charge on any atom is 0.434 e. The van der Waals surface area contributed by atoms with Gasteiger partial charge in [-0.3, -0.25) is 4.79 Å². The molecule has 0 atom stereocenters. The third-order valence-corrected chi connectivity index (χ3v) is 5.69. The number of hydrogen-bond acceptors (Lipinski definition) is 8. The van der Waals surface area contributed by atoms with Crippen molar-refractivity contribution in [2.24, 2.45) is 0 Å². The molecule has 9 nitrogen and oxygen atoms in total. The lowest BCUT2D eigenvalue weighted by Gasteiger charge is -2.32. The highest BCUT2D eigenvalue weighted by Crippen LogP contribution is 2.38. The van der Waals surface area contributed by atoms with E-state index >= 15 is 0 Å². The van der Waals surface area contributed by atoms with Gasteiger partial charge < -0.3 is 25.0 Å². The zero-order chi connectivity index (χ0) is 22.6. The Balaban J connectivity index is 1.77. The second-order valence-corrected chi connectivity index (χ2v) is 7.67. The van der Waals surface area contributed by atoms with Crippen molar-refractivity contribution in [2.45, 2.75) is 25.1 Å². The molecular weight excluding hydrogens is 439 g/mol. The van der Waals surface area contributed by atoms with E-state index < -0.39 is 23.9 Å². The zero-order valence-corrected chi connectivity index (χ0v) is 17.7. The second kappa shape index (κ2) is 9.64. The van der Waals surface area contributed by atoms with Crippen LogP contribution in [0.2, 0.25) is 0 Å². The second-order valence-electron chi connectivity index (χ2n) is 6.79. The summed E-state index contributed by atoms with van der Waals surface area (Å²) < 4.78 is 50.8. The summed E-state index contributed by atoms with van der Waals surface area (Å²) in [6, 6.07) is 0. The minimum atomic E-state index is -4.69. The minimum Gasteiger partial charge on any atom is -0.446 e. The van der Waals surface area contributed by atoms with E-state index in [1.54, 1.807) is 4.90 Å². The summed E-state index contributed by atoms with van der Waals surface area (Å²) in [6.45, 7) is 1.28. The van der Waals surface area contributed by atoms with E-state index in [1.807, 2.05) is 0 Å². The first-order valence-corrected chi connectivity index (χ1v) is 10.4. The van der Waals surface area contributed by atoms with E-state index in [2.05, 4.69) is 20.6 Å². The predicted octanol–water partition coefficient (Wildman–Crippen LogP) is 2.41. The van der Waals surface area contributed by atoms with Crippen molar-refractivity contribution >= 4 is 39.5 Å². The number of anilines is 1. The van der Waals surface area contributed by atoms with Crippen LogP contribution in [0.3, 0.4) is 0 Å². The summed E-state index contributed by atoms with van der Waals surface area (Å²) in [5.41, 5.74) is -1.02. The number of hydrogen-bond donors (Lipinski definition) is 2. The fourth-order valence-electron chi connectivity index (χ4n) is 3.16. The van der Waals surface area contributed by atoms with Crippen LogP contribution in [0, 0.1) is 0 Å². The third kappa shape index (κ3) is 5.34. The van der Waals surface area contributed by atoms with Gasteiger partial charge >= 0.3 is 12.3 Å². The lowest BCUT2D eigenvalue weighted by atomic mass is 10.1. The van der Waals surface area contributed by atoms with Crippen LogP contribution in [-0.2, 0) is 15.7 Å². The normalized spacial score (nSPS) is 15.2. The number of halogens is 3. The molecule has 0 spiro atoms. The highest BCUT2D eigenvalue weighted by molar-refractivity contribution is 7.17. The monoisotopic (exact) mass is 461 g/mol. The van der Waals surface area contributed by atoms with Gasteiger partial charge in [0.2, 0.25) is 5.95 Å². The SMILES string of the molecule is CNC(=O)c1csc2c(C(F)(F)F)nc(N3CCC(OC(=O)NCCOC)CC3)nc12. The van der Waals surface area contributed by atoms with E-state index in [9.17, 15) is 22.8 Å². The molecule has 1 aliphatic rings. The average Bonchev–Trinajstić information content (AvgIpc) is 3.16. The molecule has 0 radical (unpaired) electrons. The molecule has 31 heavy (non-hydrogen) atoms. The number of piperidine rings is 1. The van der Waals surface area contributed by atoms with E-state index in [-0.39, 0.29) is 27.8 Å². The molecule has 1 aliphatic heterocycles. The van der Waals surface area contributed by atoms with E-state index in [0.717, 1.165) is 11.3 Å². The summed E-state index contributed by atoms with van der Waals surface area (Å²) in [5.74, 6) is -0.623. The number of aromatic nitrogens is 2. The van der Waals surface area contributed by atoms with E-state index in [1.165, 1.54) is 19.5 Å². The van der Waals surface area contributed by atoms with Crippen LogP contribution in [0.4, 0.5) is 23.9 Å². The molecule has 2 N–H and O–H groups in total. The minimum absolute atomic E-state index is 0.0300. The van der Waals surface area contributed by atoms with Crippen LogP contribution in [0.5, 0.6) is 0 Å². The Hall–Kier alpha value is -2.67. The Morgan fingerprint density at radius 1 is 1.29 bits per heavy atom. The molecular formula is C18H22F3N5O4S. The lowest BCUT2D eigenvalue weighted by Crippen LogP contribution is -2.40. The molecule has 2 amide bonds. The van der Waals surface area contributed by atoms with Crippen LogP contribution in [-0.4, -0.2) is 68.5 Å². The first-order chi connectivity index (χ1) is 14.7. The van der Waals surface area contributed by atoms with Crippen LogP contribution in [0.15, 0.2) is 5.38 Å². The summed E-state index contributed by atoms with van der Waals surface area (Å²) in [5, 5.41) is 6.31. The maximum absolute atomic E-state index is 13.6. The summed E-state index contributed by atoms with van der Waals surface area (Å²) in [4.78, 5) is 33.4. The number of nitrogens with zero attached hydrogens (tertiary/aromatic N) is 3. The maximum atomic E-state index is 13.6. The number of alkyl halides is 3. The summed E-state index contributed by atoms with van der Waals surface area (Å²) in [6.07, 6.45) is -4.81. The number of thiophene rings is 1. The molecule has 0 saturated carbocycles. The average molecular weight is 461 g/mol. The molecule has 13 heteroatoms. The molecule has 170 valence electrons. The lowest BCUT2D eigenvalue weighted by molar-refractivity contribution is -0.139. The first kappa shape index (κ1) is 23.0. The van der Waals surface area contributed by atoms with Gasteiger partial charge in [0.1, 0.15) is 11.6 Å². The van der Waals surface area contributed by atoms with Gasteiger partial charge in [-0.05, 0) is 0 Å². The number of ether oxygens (including phenoxy) is 2. The van der Waals surface area contributed by atoms with Crippen LogP contribution in [0.25, 0.3) is 10.2 Å². The molecule has 0 aliphatic carbocycles. The molecule has 2 aromatic rings. The zero-order valence-electron chi connectivity index (χ0n) is 16.9. The summed E-state index contributed by atoms with van der Waals surface area (Å²) in [7, 11) is 2.91. The molecule has 3 heterocycles. The van der Waals surface area contributed by atoms with E-state index in [4.69, 9.17) is 9.47 Å². The molecule has 3 rings (SSSR count). The molecule has 0 unspecified atom stereocenters. The number of carbonyl (C=O) groups excluding carboxylic acids is 2. The van der Waals surface area contributed by atoms with Gasteiger partial charge in [0.05, 0.1) is 16.9 Å². The van der Waals surface area contributed by atoms with Gasteiger partial charge in [-0.15, -0.1) is 11.3 Å². The van der Waals surface area contributed by atoms with Crippen molar-refractivity contribution in [3.8, 4) is 0 Å². The van der Waals surface area contributed by atoms with Crippen molar-refractivity contribution in [1.82, 2.24) is 20.6 Å². The van der Waals surface area contributed by atoms with Gasteiger partial charge in [0.15, 0.2) is 5.69 Å². The standard InChI is InChI=1S/C18H22F3N5O4S/c1-22-15(27)11-9-31-13-12(11)24-16(25-14(13)18(19,20)21)26-6-3-10(4-7-26)30-17(28)23-5-8-29-2/h9-10H,3-8H2,1-2H3,(H,22,27)(H,23,28). The van der Waals surface area contributed by atoms with Gasteiger partial charge in [-0.1, -0.05) is 0 Å². The fraction of sp³-hybridized carbons (Fsp3) is 0.556. The third-order valence-electron chi connectivity index (χ3n) is 4.72. The van der Waals surface area contributed by atoms with Crippen LogP contribution in [0.1, 0.15) is 28.9 Å². The summed E-state index contributed by atoms with van der Waals surface area (Å²) >= 11 is 0.784. The van der Waals surface area contributed by atoms with E-state index in [0.29, 0.717) is 39.1 Å². The van der Waals surface area contributed by atoms with Crippen LogP contribution >= 0.6 is 11.3 Å². The van der Waals surface area contributed by atoms with Crippen molar-refractivity contribution in [1.29, 1.82) is 0 Å². The fourth-order valence-corrected chi connectivity index (χ4v) is 4.15. The largest absolute Gasteiger partial charge is 0.446 e. The van der Waals surface area contributed by atoms with Gasteiger partial charge in [-0.25, -0.2) is 14.8 Å². The Morgan fingerprint density at radius 2 is 2.00 bits per heavy atom. The Bertz CT molecular complexity index is 944. The Morgan fingerprint density at radius 3 is 2.61 bits per heavy atom. The first-order valence-electron chi connectivity index (χ1n) is 9.51. The van der Waals surface area contributed by atoms with Crippen molar-refractivity contribution in [2.75, 3.05) is 45.3 Å². The number of rotatable bonds is 6. The van der Waals surface area contributed by atoms with Crippen molar-refractivity contribution in [3.05, 3.63) is 16.6 Å². The van der Waals surface area contributed by atoms with Crippen LogP contribution < -0.4 is 15.5 Å². The van der Waals surface area contributed by atoms with Gasteiger partial charge in [0.25, 0.3) is 5.91 Å². The molecule has 1 saturated heterocycles. The predicted molar refractivity (Wildman–Crippen MR) is 107 cm³/mol. The van der Waals surface area contributed by atoms with Gasteiger partial charge in [0, 0.05) is 52.0 Å². The van der Waals surface area contributed by atoms with Crippen molar-refractivity contribution in [3.63, 3.8) is 0 Å². The molecule has 0 bridgehead atoms. The highest BCUT2D eigenvalue weighted by Gasteiger charge is 2.38. The smallest absolute Gasteiger partial charge is 0.434 e. The Kier molecular flexibility index (Phi) is 7.15. The highest BCUT2D eigenvalue weighted by atomic mass is 32.1. The quantitative estimate of drug-likeness (QED) is 0.637. The molecule has 1 fully saturated rings. The number of fused-ring (bicyclic) bond motifs is 1. The molecule has 0 aromatic carbocycles. The topological polar surface area (TPSA) is 106 Å². The number of methoxy groups -OCH3 is 1.